The standard InChI is InChI=1S/C16H21ClN2O4S/c1-4-18-16(21)10-8-19(2)13-11(9-23-6-5-22-3)12(7-17)24-15(13)14(10)20/h8H,4-7,9H2,1-3H3,(H,18,21). The van der Waals surface area contributed by atoms with Gasteiger partial charge in [0.1, 0.15) is 5.56 Å². The highest BCUT2D eigenvalue weighted by molar-refractivity contribution is 7.19. The van der Waals surface area contributed by atoms with Gasteiger partial charge < -0.3 is 19.4 Å². The van der Waals surface area contributed by atoms with Crippen molar-refractivity contribution in [2.45, 2.75) is 19.4 Å². The normalized spacial score (nSPS) is 11.2. The summed E-state index contributed by atoms with van der Waals surface area (Å²) in [5.41, 5.74) is 1.53. The van der Waals surface area contributed by atoms with Crippen molar-refractivity contribution in [3.05, 3.63) is 32.4 Å². The van der Waals surface area contributed by atoms with Crippen LogP contribution in [-0.2, 0) is 29.0 Å². The van der Waals surface area contributed by atoms with Gasteiger partial charge in [0.2, 0.25) is 5.43 Å². The highest BCUT2D eigenvalue weighted by Crippen LogP contribution is 2.31. The Morgan fingerprint density at radius 3 is 2.79 bits per heavy atom. The molecule has 0 aromatic carbocycles. The molecule has 0 unspecified atom stereocenters. The van der Waals surface area contributed by atoms with Gasteiger partial charge >= 0.3 is 0 Å². The van der Waals surface area contributed by atoms with Crippen molar-refractivity contribution in [1.82, 2.24) is 9.88 Å². The maximum atomic E-state index is 12.7. The van der Waals surface area contributed by atoms with Gasteiger partial charge in [0.15, 0.2) is 0 Å². The van der Waals surface area contributed by atoms with Crippen LogP contribution in [0, 0.1) is 0 Å². The van der Waals surface area contributed by atoms with Gasteiger partial charge in [-0.15, -0.1) is 22.9 Å². The Hall–Kier alpha value is -1.41. The second-order valence-corrected chi connectivity index (χ2v) is 6.58. The number of nitrogens with one attached hydrogen (secondary N) is 1. The van der Waals surface area contributed by atoms with E-state index in [1.54, 1.807) is 17.9 Å². The first-order chi connectivity index (χ1) is 11.5. The predicted molar refractivity (Wildman–Crippen MR) is 96.2 cm³/mol. The number of aromatic nitrogens is 1. The molecule has 8 heteroatoms. The van der Waals surface area contributed by atoms with E-state index in [0.29, 0.717) is 31.1 Å². The highest BCUT2D eigenvalue weighted by Gasteiger charge is 2.20. The zero-order chi connectivity index (χ0) is 17.7. The number of halogens is 1. The molecule has 0 fully saturated rings. The largest absolute Gasteiger partial charge is 0.382 e. The zero-order valence-corrected chi connectivity index (χ0v) is 15.6. The molecule has 0 atom stereocenters. The molecule has 24 heavy (non-hydrogen) atoms. The number of pyridine rings is 1. The molecule has 2 rings (SSSR count). The number of rotatable bonds is 8. The quantitative estimate of drug-likeness (QED) is 0.570. The lowest BCUT2D eigenvalue weighted by Gasteiger charge is -2.09. The first-order valence-corrected chi connectivity index (χ1v) is 8.94. The van der Waals surface area contributed by atoms with E-state index in [0.717, 1.165) is 16.0 Å². The molecule has 0 saturated carbocycles. The monoisotopic (exact) mass is 372 g/mol. The minimum absolute atomic E-state index is 0.140. The maximum absolute atomic E-state index is 12.7. The summed E-state index contributed by atoms with van der Waals surface area (Å²) in [6.07, 6.45) is 1.57. The summed E-state index contributed by atoms with van der Waals surface area (Å²) in [6, 6.07) is 0. The number of carbonyl (C=O) groups is 1. The van der Waals surface area contributed by atoms with Crippen LogP contribution in [0.5, 0.6) is 0 Å². The predicted octanol–water partition coefficient (Wildman–Crippen LogP) is 2.25. The van der Waals surface area contributed by atoms with Gasteiger partial charge in [0.05, 0.1) is 35.9 Å². The molecular formula is C16H21ClN2O4S. The fourth-order valence-electron chi connectivity index (χ4n) is 2.46. The third kappa shape index (κ3) is 3.80. The van der Waals surface area contributed by atoms with Crippen molar-refractivity contribution >= 4 is 39.1 Å². The second kappa shape index (κ2) is 8.62. The number of nitrogens with zero attached hydrogens (tertiary/aromatic N) is 1. The van der Waals surface area contributed by atoms with Crippen LogP contribution in [0.4, 0.5) is 0 Å². The lowest BCUT2D eigenvalue weighted by atomic mass is 10.1. The molecule has 6 nitrogen and oxygen atoms in total. The Balaban J connectivity index is 2.50. The summed E-state index contributed by atoms with van der Waals surface area (Å²) >= 11 is 7.36. The third-order valence-electron chi connectivity index (χ3n) is 3.57. The van der Waals surface area contributed by atoms with Gasteiger partial charge in [-0.1, -0.05) is 0 Å². The molecule has 0 aliphatic rings. The maximum Gasteiger partial charge on any atom is 0.256 e. The lowest BCUT2D eigenvalue weighted by molar-refractivity contribution is 0.0619. The second-order valence-electron chi connectivity index (χ2n) is 5.20. The molecule has 1 amide bonds. The fraction of sp³-hybridized carbons (Fsp3) is 0.500. The first kappa shape index (κ1) is 18.9. The summed E-state index contributed by atoms with van der Waals surface area (Å²) in [5.74, 6) is -0.0724. The summed E-state index contributed by atoms with van der Waals surface area (Å²) in [4.78, 5) is 25.6. The minimum Gasteiger partial charge on any atom is -0.382 e. The number of thiophene rings is 1. The molecule has 0 bridgehead atoms. The van der Waals surface area contributed by atoms with Crippen molar-refractivity contribution < 1.29 is 14.3 Å². The van der Waals surface area contributed by atoms with E-state index in [4.69, 9.17) is 21.1 Å². The van der Waals surface area contributed by atoms with Crippen LogP contribution >= 0.6 is 22.9 Å². The summed E-state index contributed by atoms with van der Waals surface area (Å²) in [6.45, 7) is 3.58. The summed E-state index contributed by atoms with van der Waals surface area (Å²) in [7, 11) is 3.42. The smallest absolute Gasteiger partial charge is 0.256 e. The van der Waals surface area contributed by atoms with Gasteiger partial charge in [-0.3, -0.25) is 9.59 Å². The van der Waals surface area contributed by atoms with E-state index < -0.39 is 0 Å². The molecule has 0 saturated heterocycles. The van der Waals surface area contributed by atoms with Gasteiger partial charge in [0.25, 0.3) is 5.91 Å². The SMILES string of the molecule is CCNC(=O)c1cn(C)c2c(COCCOC)c(CCl)sc2c1=O. The Morgan fingerprint density at radius 2 is 2.17 bits per heavy atom. The number of carbonyl (C=O) groups excluding carboxylic acids is 1. The third-order valence-corrected chi connectivity index (χ3v) is 5.22. The number of hydrogen-bond acceptors (Lipinski definition) is 5. The molecule has 0 aliphatic carbocycles. The van der Waals surface area contributed by atoms with Crippen LogP contribution in [0.3, 0.4) is 0 Å². The molecule has 0 spiro atoms. The van der Waals surface area contributed by atoms with Crippen molar-refractivity contribution in [2.75, 3.05) is 26.9 Å². The van der Waals surface area contributed by atoms with Gasteiger partial charge in [-0.25, -0.2) is 0 Å². The molecule has 1 N–H and O–H groups in total. The molecule has 2 aromatic heterocycles. The van der Waals surface area contributed by atoms with E-state index >= 15 is 0 Å². The van der Waals surface area contributed by atoms with Crippen LogP contribution in [0.25, 0.3) is 10.2 Å². The van der Waals surface area contributed by atoms with Crippen molar-refractivity contribution in [3.63, 3.8) is 0 Å². The van der Waals surface area contributed by atoms with Crippen LogP contribution in [0.15, 0.2) is 11.0 Å². The Morgan fingerprint density at radius 1 is 1.42 bits per heavy atom. The van der Waals surface area contributed by atoms with Gasteiger partial charge in [-0.2, -0.15) is 0 Å². The topological polar surface area (TPSA) is 69.6 Å². The van der Waals surface area contributed by atoms with Crippen LogP contribution < -0.4 is 10.7 Å². The summed E-state index contributed by atoms with van der Waals surface area (Å²) < 4.78 is 12.9. The fourth-order valence-corrected chi connectivity index (χ4v) is 3.93. The number of hydrogen-bond donors (Lipinski definition) is 1. The molecule has 0 aliphatic heterocycles. The molecule has 2 aromatic rings. The van der Waals surface area contributed by atoms with E-state index in [1.807, 2.05) is 14.0 Å². The van der Waals surface area contributed by atoms with E-state index in [1.165, 1.54) is 11.3 Å². The number of fused-ring (bicyclic) bond motifs is 1. The van der Waals surface area contributed by atoms with Gasteiger partial charge in [0, 0.05) is 37.3 Å². The Kier molecular flexibility index (Phi) is 6.79. The van der Waals surface area contributed by atoms with Crippen molar-refractivity contribution in [1.29, 1.82) is 0 Å². The highest BCUT2D eigenvalue weighted by atomic mass is 35.5. The molecule has 0 radical (unpaired) electrons. The van der Waals surface area contributed by atoms with Gasteiger partial charge in [-0.05, 0) is 6.92 Å². The van der Waals surface area contributed by atoms with E-state index in [-0.39, 0.29) is 22.8 Å². The average Bonchev–Trinajstić information content (AvgIpc) is 2.94. The summed E-state index contributed by atoms with van der Waals surface area (Å²) in [5, 5.41) is 2.67. The Labute approximate surface area is 149 Å². The number of alkyl halides is 1. The minimum atomic E-state index is -0.362. The van der Waals surface area contributed by atoms with Crippen LogP contribution in [0.1, 0.15) is 27.7 Å². The van der Waals surface area contributed by atoms with Crippen molar-refractivity contribution in [2.24, 2.45) is 7.05 Å². The number of amides is 1. The molecule has 2 heterocycles. The van der Waals surface area contributed by atoms with E-state index in [2.05, 4.69) is 5.32 Å². The number of ether oxygens (including phenoxy) is 2. The lowest BCUT2D eigenvalue weighted by Crippen LogP contribution is -2.29. The average molecular weight is 373 g/mol. The number of methoxy groups -OCH3 is 1. The van der Waals surface area contributed by atoms with Crippen molar-refractivity contribution in [3.8, 4) is 0 Å². The van der Waals surface area contributed by atoms with Crippen LogP contribution in [-0.4, -0.2) is 37.3 Å². The number of aryl methyl sites for hydroxylation is 1. The molecular weight excluding hydrogens is 352 g/mol. The zero-order valence-electron chi connectivity index (χ0n) is 14.0. The first-order valence-electron chi connectivity index (χ1n) is 7.59. The Bertz CT molecular complexity index is 784. The molecule has 132 valence electrons. The van der Waals surface area contributed by atoms with E-state index in [9.17, 15) is 9.59 Å². The van der Waals surface area contributed by atoms with Crippen LogP contribution in [0.2, 0.25) is 0 Å².